The summed E-state index contributed by atoms with van der Waals surface area (Å²) in [7, 11) is 0. The number of hydrogen-bond acceptors (Lipinski definition) is 2. The van der Waals surface area contributed by atoms with E-state index in [0.29, 0.717) is 0 Å². The lowest BCUT2D eigenvalue weighted by Crippen LogP contribution is -2.43. The van der Waals surface area contributed by atoms with Crippen molar-refractivity contribution in [3.8, 4) is 5.75 Å². The van der Waals surface area contributed by atoms with Crippen LogP contribution in [0.15, 0.2) is 18.2 Å². The highest BCUT2D eigenvalue weighted by Crippen LogP contribution is 2.48. The minimum Gasteiger partial charge on any atom is -0.487 e. The molecule has 1 aromatic rings. The third-order valence-corrected chi connectivity index (χ3v) is 4.74. The van der Waals surface area contributed by atoms with Crippen LogP contribution in [0, 0.1) is 6.92 Å². The molecule has 1 aliphatic heterocycles. The number of aryl methyl sites for hydroxylation is 1. The summed E-state index contributed by atoms with van der Waals surface area (Å²) in [6.07, 6.45) is 6.86. The van der Waals surface area contributed by atoms with E-state index < -0.39 is 5.97 Å². The van der Waals surface area contributed by atoms with Crippen molar-refractivity contribution in [2.45, 2.75) is 63.4 Å². The normalized spacial score (nSPS) is 23.9. The second kappa shape index (κ2) is 5.12. The van der Waals surface area contributed by atoms with E-state index in [9.17, 15) is 9.90 Å². The Morgan fingerprint density at radius 3 is 2.80 bits per heavy atom. The SMILES string of the molecule is Cc1ccc2c(c1)C(CC(=O)O)CC1(CCCCC1)O2. The van der Waals surface area contributed by atoms with Crippen molar-refractivity contribution >= 4 is 5.97 Å². The zero-order chi connectivity index (χ0) is 14.2. The van der Waals surface area contributed by atoms with Gasteiger partial charge in [-0.05, 0) is 50.7 Å². The molecular formula is C17H22O3. The van der Waals surface area contributed by atoms with Crippen LogP contribution in [-0.4, -0.2) is 16.7 Å². The number of carbonyl (C=O) groups is 1. The third kappa shape index (κ3) is 2.54. The van der Waals surface area contributed by atoms with Gasteiger partial charge >= 0.3 is 5.97 Å². The highest BCUT2D eigenvalue weighted by Gasteiger charge is 2.42. The van der Waals surface area contributed by atoms with Crippen molar-refractivity contribution in [2.24, 2.45) is 0 Å². The molecule has 1 unspecified atom stereocenters. The first kappa shape index (κ1) is 13.5. The Kier molecular flexibility index (Phi) is 3.45. The summed E-state index contributed by atoms with van der Waals surface area (Å²) in [5.74, 6) is 0.291. The Bertz CT molecular complexity index is 515. The highest BCUT2D eigenvalue weighted by molar-refractivity contribution is 5.68. The standard InChI is InChI=1S/C17H22O3/c1-12-5-6-15-14(9-12)13(10-16(18)19)11-17(20-15)7-3-2-4-8-17/h5-6,9,13H,2-4,7-8,10-11H2,1H3,(H,18,19). The number of hydrogen-bond donors (Lipinski definition) is 1. The van der Waals surface area contributed by atoms with Crippen LogP contribution in [0.25, 0.3) is 0 Å². The number of fused-ring (bicyclic) bond motifs is 1. The van der Waals surface area contributed by atoms with E-state index in [0.717, 1.165) is 30.6 Å². The smallest absolute Gasteiger partial charge is 0.303 e. The summed E-state index contributed by atoms with van der Waals surface area (Å²) >= 11 is 0. The minimum absolute atomic E-state index is 0.0919. The van der Waals surface area contributed by atoms with Gasteiger partial charge in [-0.1, -0.05) is 24.1 Å². The summed E-state index contributed by atoms with van der Waals surface area (Å²) < 4.78 is 6.33. The molecule has 3 heteroatoms. The minimum atomic E-state index is -0.713. The van der Waals surface area contributed by atoms with E-state index >= 15 is 0 Å². The maximum Gasteiger partial charge on any atom is 0.303 e. The van der Waals surface area contributed by atoms with E-state index in [1.807, 2.05) is 13.0 Å². The highest BCUT2D eigenvalue weighted by atomic mass is 16.5. The molecule has 1 aromatic carbocycles. The lowest BCUT2D eigenvalue weighted by molar-refractivity contribution is -0.138. The van der Waals surface area contributed by atoms with Crippen molar-refractivity contribution in [3.63, 3.8) is 0 Å². The molecule has 108 valence electrons. The first-order valence-corrected chi connectivity index (χ1v) is 7.59. The molecule has 0 aromatic heterocycles. The van der Waals surface area contributed by atoms with Crippen molar-refractivity contribution in [1.82, 2.24) is 0 Å². The van der Waals surface area contributed by atoms with Crippen LogP contribution >= 0.6 is 0 Å². The van der Waals surface area contributed by atoms with Crippen molar-refractivity contribution < 1.29 is 14.6 Å². The van der Waals surface area contributed by atoms with Crippen LogP contribution < -0.4 is 4.74 Å². The van der Waals surface area contributed by atoms with Crippen LogP contribution in [0.3, 0.4) is 0 Å². The number of aliphatic carboxylic acids is 1. The molecule has 1 N–H and O–H groups in total. The fraction of sp³-hybridized carbons (Fsp3) is 0.588. The summed E-state index contributed by atoms with van der Waals surface area (Å²) in [6.45, 7) is 2.04. The van der Waals surface area contributed by atoms with Gasteiger partial charge in [-0.3, -0.25) is 4.79 Å². The predicted molar refractivity (Wildman–Crippen MR) is 77.2 cm³/mol. The molecule has 1 fully saturated rings. The first-order valence-electron chi connectivity index (χ1n) is 7.59. The zero-order valence-corrected chi connectivity index (χ0v) is 12.0. The molecule has 0 saturated heterocycles. The maximum absolute atomic E-state index is 11.2. The van der Waals surface area contributed by atoms with Gasteiger partial charge in [0.15, 0.2) is 0 Å². The summed E-state index contributed by atoms with van der Waals surface area (Å²) in [5, 5.41) is 9.21. The van der Waals surface area contributed by atoms with E-state index in [4.69, 9.17) is 4.74 Å². The molecule has 2 aliphatic rings. The molecular weight excluding hydrogens is 252 g/mol. The van der Waals surface area contributed by atoms with Crippen molar-refractivity contribution in [3.05, 3.63) is 29.3 Å². The first-order chi connectivity index (χ1) is 9.58. The molecule has 0 radical (unpaired) electrons. The van der Waals surface area contributed by atoms with Crippen LogP contribution in [0.2, 0.25) is 0 Å². The predicted octanol–water partition coefficient (Wildman–Crippen LogP) is 4.04. The van der Waals surface area contributed by atoms with Gasteiger partial charge in [-0.25, -0.2) is 0 Å². The van der Waals surface area contributed by atoms with Gasteiger partial charge < -0.3 is 9.84 Å². The average molecular weight is 274 g/mol. The Morgan fingerprint density at radius 2 is 2.10 bits per heavy atom. The Hall–Kier alpha value is -1.51. The summed E-state index contributed by atoms with van der Waals surface area (Å²) in [6, 6.07) is 6.17. The fourth-order valence-corrected chi connectivity index (χ4v) is 3.81. The number of rotatable bonds is 2. The van der Waals surface area contributed by atoms with Crippen LogP contribution in [-0.2, 0) is 4.79 Å². The maximum atomic E-state index is 11.2. The largest absolute Gasteiger partial charge is 0.487 e. The van der Waals surface area contributed by atoms with E-state index in [2.05, 4.69) is 12.1 Å². The van der Waals surface area contributed by atoms with Gasteiger partial charge in [-0.15, -0.1) is 0 Å². The fourth-order valence-electron chi connectivity index (χ4n) is 3.81. The quantitative estimate of drug-likeness (QED) is 0.885. The molecule has 1 spiro atoms. The van der Waals surface area contributed by atoms with Gasteiger partial charge in [0.05, 0.1) is 6.42 Å². The van der Waals surface area contributed by atoms with Crippen LogP contribution in [0.1, 0.15) is 62.0 Å². The molecule has 0 bridgehead atoms. The average Bonchev–Trinajstić information content (AvgIpc) is 2.40. The number of benzene rings is 1. The van der Waals surface area contributed by atoms with Gasteiger partial charge in [0.25, 0.3) is 0 Å². The third-order valence-electron chi connectivity index (χ3n) is 4.74. The number of ether oxygens (including phenoxy) is 1. The van der Waals surface area contributed by atoms with Gasteiger partial charge in [-0.2, -0.15) is 0 Å². The molecule has 1 heterocycles. The van der Waals surface area contributed by atoms with E-state index in [-0.39, 0.29) is 17.9 Å². The topological polar surface area (TPSA) is 46.5 Å². The summed E-state index contributed by atoms with van der Waals surface area (Å²) in [4.78, 5) is 11.2. The second-order valence-corrected chi connectivity index (χ2v) is 6.39. The molecule has 3 rings (SSSR count). The Morgan fingerprint density at radius 1 is 1.35 bits per heavy atom. The van der Waals surface area contributed by atoms with Crippen molar-refractivity contribution in [2.75, 3.05) is 0 Å². The lowest BCUT2D eigenvalue weighted by atomic mass is 9.73. The zero-order valence-electron chi connectivity index (χ0n) is 12.0. The van der Waals surface area contributed by atoms with E-state index in [1.54, 1.807) is 0 Å². The molecule has 0 amide bonds. The molecule has 3 nitrogen and oxygen atoms in total. The van der Waals surface area contributed by atoms with Gasteiger partial charge in [0, 0.05) is 5.92 Å². The number of carboxylic acid groups (broad SMARTS) is 1. The monoisotopic (exact) mass is 274 g/mol. The van der Waals surface area contributed by atoms with Gasteiger partial charge in [0.1, 0.15) is 11.4 Å². The molecule has 20 heavy (non-hydrogen) atoms. The molecule has 1 saturated carbocycles. The molecule has 1 aliphatic carbocycles. The number of carboxylic acids is 1. The van der Waals surface area contributed by atoms with Crippen molar-refractivity contribution in [1.29, 1.82) is 0 Å². The summed E-state index contributed by atoms with van der Waals surface area (Å²) in [5.41, 5.74) is 2.15. The second-order valence-electron chi connectivity index (χ2n) is 6.39. The Labute approximate surface area is 120 Å². The van der Waals surface area contributed by atoms with Crippen LogP contribution in [0.4, 0.5) is 0 Å². The van der Waals surface area contributed by atoms with Crippen LogP contribution in [0.5, 0.6) is 5.75 Å². The molecule has 1 atom stereocenters. The lowest BCUT2D eigenvalue weighted by Gasteiger charge is -2.44. The van der Waals surface area contributed by atoms with E-state index in [1.165, 1.54) is 24.8 Å². The van der Waals surface area contributed by atoms with Gasteiger partial charge in [0.2, 0.25) is 0 Å². The Balaban J connectivity index is 1.96.